The van der Waals surface area contributed by atoms with Crippen molar-refractivity contribution in [3.05, 3.63) is 65.0 Å². The van der Waals surface area contributed by atoms with Crippen LogP contribution in [0.4, 0.5) is 11.8 Å². The molecule has 1 aliphatic carbocycles. The fourth-order valence-electron chi connectivity index (χ4n) is 3.81. The summed E-state index contributed by atoms with van der Waals surface area (Å²) in [4.78, 5) is 16.0. The lowest BCUT2D eigenvalue weighted by Gasteiger charge is -2.26. The SMILES string of the molecule is Cl.Cl.Oc1nc(NC2CCCc3ccccc32)[nH]c1C=C1C=Nc2ncccc21. The van der Waals surface area contributed by atoms with Gasteiger partial charge in [-0.3, -0.25) is 0 Å². The Morgan fingerprint density at radius 2 is 2.00 bits per heavy atom. The summed E-state index contributed by atoms with van der Waals surface area (Å²) in [6, 6.07) is 12.5. The summed E-state index contributed by atoms with van der Waals surface area (Å²) in [5, 5.41) is 13.7. The smallest absolute Gasteiger partial charge is 0.238 e. The van der Waals surface area contributed by atoms with E-state index in [0.29, 0.717) is 17.5 Å². The van der Waals surface area contributed by atoms with Crippen LogP contribution in [0.2, 0.25) is 0 Å². The molecule has 6 nitrogen and oxygen atoms in total. The number of imidazole rings is 1. The number of aromatic nitrogens is 3. The van der Waals surface area contributed by atoms with Gasteiger partial charge in [0.1, 0.15) is 5.69 Å². The predicted octanol–water partition coefficient (Wildman–Crippen LogP) is 5.10. The van der Waals surface area contributed by atoms with Crippen LogP contribution in [-0.4, -0.2) is 26.3 Å². The molecule has 0 saturated carbocycles. The number of benzene rings is 1. The van der Waals surface area contributed by atoms with Gasteiger partial charge in [0.15, 0.2) is 5.82 Å². The highest BCUT2D eigenvalue weighted by Gasteiger charge is 2.21. The Balaban J connectivity index is 0.00000120. The summed E-state index contributed by atoms with van der Waals surface area (Å²) in [6.07, 6.45) is 8.61. The Bertz CT molecular complexity index is 1080. The standard InChI is InChI=1S/C21H19N5O.2ClH/c27-20-18(11-14-12-23-19-16(14)8-4-10-22-19)25-21(26-20)24-17-9-3-6-13-5-1-2-7-15(13)17;;/h1-2,4-5,7-8,10-12,17,27H,3,6,9H2,(H2,24,25,26);2*1H. The molecule has 150 valence electrons. The number of pyridine rings is 1. The Morgan fingerprint density at radius 1 is 1.14 bits per heavy atom. The Kier molecular flexibility index (Phi) is 6.25. The maximum Gasteiger partial charge on any atom is 0.238 e. The summed E-state index contributed by atoms with van der Waals surface area (Å²) < 4.78 is 0. The average molecular weight is 430 g/mol. The van der Waals surface area contributed by atoms with Crippen LogP contribution in [-0.2, 0) is 6.42 Å². The number of allylic oxidation sites excluding steroid dienone is 1. The summed E-state index contributed by atoms with van der Waals surface area (Å²) in [5.41, 5.74) is 5.08. The quantitative estimate of drug-likeness (QED) is 0.540. The minimum Gasteiger partial charge on any atom is -0.492 e. The topological polar surface area (TPSA) is 86.2 Å². The lowest BCUT2D eigenvalue weighted by atomic mass is 9.88. The molecule has 3 heterocycles. The summed E-state index contributed by atoms with van der Waals surface area (Å²) in [6.45, 7) is 0. The molecule has 2 aliphatic rings. The average Bonchev–Trinajstić information content (AvgIpc) is 3.26. The molecule has 1 aliphatic heterocycles. The van der Waals surface area contributed by atoms with E-state index in [1.165, 1.54) is 11.1 Å². The molecule has 0 saturated heterocycles. The van der Waals surface area contributed by atoms with Gasteiger partial charge >= 0.3 is 0 Å². The summed E-state index contributed by atoms with van der Waals surface area (Å²) >= 11 is 0. The number of fused-ring (bicyclic) bond motifs is 2. The second-order valence-electron chi connectivity index (χ2n) is 6.84. The number of H-pyrrole nitrogens is 1. The molecule has 0 spiro atoms. The number of aryl methyl sites for hydroxylation is 1. The number of halogens is 2. The number of nitrogens with zero attached hydrogens (tertiary/aromatic N) is 3. The van der Waals surface area contributed by atoms with Crippen LogP contribution < -0.4 is 5.32 Å². The number of nitrogens with one attached hydrogen (secondary N) is 2. The van der Waals surface area contributed by atoms with Crippen molar-refractivity contribution in [3.8, 4) is 5.88 Å². The minimum absolute atomic E-state index is 0. The van der Waals surface area contributed by atoms with Gasteiger partial charge in [0, 0.05) is 23.5 Å². The van der Waals surface area contributed by atoms with Crippen LogP contribution >= 0.6 is 24.8 Å². The van der Waals surface area contributed by atoms with Gasteiger partial charge in [-0.05, 0) is 48.6 Å². The molecule has 1 aromatic carbocycles. The Hall–Kier alpha value is -2.83. The monoisotopic (exact) mass is 429 g/mol. The largest absolute Gasteiger partial charge is 0.492 e. The number of anilines is 1. The van der Waals surface area contributed by atoms with E-state index < -0.39 is 0 Å². The van der Waals surface area contributed by atoms with Gasteiger partial charge in [-0.25, -0.2) is 9.98 Å². The van der Waals surface area contributed by atoms with Crippen molar-refractivity contribution in [2.45, 2.75) is 25.3 Å². The van der Waals surface area contributed by atoms with E-state index >= 15 is 0 Å². The zero-order chi connectivity index (χ0) is 18.2. The predicted molar refractivity (Wildman–Crippen MR) is 121 cm³/mol. The van der Waals surface area contributed by atoms with Crippen LogP contribution in [0.25, 0.3) is 11.6 Å². The normalized spacial score (nSPS) is 17.8. The summed E-state index contributed by atoms with van der Waals surface area (Å²) in [7, 11) is 0. The molecule has 0 bridgehead atoms. The van der Waals surface area contributed by atoms with Crippen LogP contribution in [0.1, 0.15) is 41.3 Å². The first-order valence-corrected chi connectivity index (χ1v) is 9.12. The van der Waals surface area contributed by atoms with Crippen molar-refractivity contribution in [2.75, 3.05) is 5.32 Å². The van der Waals surface area contributed by atoms with Gasteiger partial charge in [-0.2, -0.15) is 4.98 Å². The molecule has 0 amide bonds. The zero-order valence-corrected chi connectivity index (χ0v) is 17.1. The molecular formula is C21H21Cl2N5O. The first-order valence-electron chi connectivity index (χ1n) is 9.12. The maximum absolute atomic E-state index is 10.3. The highest BCUT2D eigenvalue weighted by Crippen LogP contribution is 2.34. The van der Waals surface area contributed by atoms with Gasteiger partial charge in [0.25, 0.3) is 0 Å². The first-order chi connectivity index (χ1) is 13.3. The number of hydrogen-bond acceptors (Lipinski definition) is 5. The molecule has 5 rings (SSSR count). The number of aromatic amines is 1. The van der Waals surface area contributed by atoms with E-state index in [2.05, 4.69) is 49.5 Å². The Morgan fingerprint density at radius 3 is 2.90 bits per heavy atom. The van der Waals surface area contributed by atoms with E-state index in [9.17, 15) is 5.11 Å². The van der Waals surface area contributed by atoms with E-state index in [1.54, 1.807) is 12.4 Å². The molecule has 1 atom stereocenters. The molecule has 3 N–H and O–H groups in total. The number of hydrogen-bond donors (Lipinski definition) is 3. The minimum atomic E-state index is -0.0279. The number of aliphatic imine (C=N–C) groups is 1. The lowest BCUT2D eigenvalue weighted by molar-refractivity contribution is 0.455. The molecule has 2 aromatic heterocycles. The van der Waals surface area contributed by atoms with E-state index in [1.807, 2.05) is 18.2 Å². The van der Waals surface area contributed by atoms with Crippen molar-refractivity contribution in [1.82, 2.24) is 15.0 Å². The Labute approximate surface area is 181 Å². The van der Waals surface area contributed by atoms with Crippen molar-refractivity contribution < 1.29 is 5.11 Å². The zero-order valence-electron chi connectivity index (χ0n) is 15.5. The molecule has 3 aromatic rings. The van der Waals surface area contributed by atoms with Gasteiger partial charge in [-0.15, -0.1) is 24.8 Å². The molecule has 8 heteroatoms. The van der Waals surface area contributed by atoms with Gasteiger partial charge in [0.05, 0.1) is 6.04 Å². The van der Waals surface area contributed by atoms with Crippen molar-refractivity contribution >= 4 is 54.4 Å². The molecular weight excluding hydrogens is 409 g/mol. The molecule has 1 unspecified atom stereocenters. The third-order valence-corrected chi connectivity index (χ3v) is 5.12. The fraction of sp³-hybridized carbons (Fsp3) is 0.190. The number of aromatic hydroxyl groups is 1. The third kappa shape index (κ3) is 3.99. The van der Waals surface area contributed by atoms with Crippen LogP contribution in [0, 0.1) is 0 Å². The highest BCUT2D eigenvalue weighted by atomic mass is 35.5. The molecule has 29 heavy (non-hydrogen) atoms. The van der Waals surface area contributed by atoms with Crippen LogP contribution in [0.3, 0.4) is 0 Å². The van der Waals surface area contributed by atoms with Crippen molar-refractivity contribution in [3.63, 3.8) is 0 Å². The van der Waals surface area contributed by atoms with E-state index in [-0.39, 0.29) is 36.7 Å². The second-order valence-corrected chi connectivity index (χ2v) is 6.84. The van der Waals surface area contributed by atoms with Gasteiger partial charge in [0.2, 0.25) is 11.8 Å². The number of rotatable bonds is 3. The van der Waals surface area contributed by atoms with Gasteiger partial charge in [-0.1, -0.05) is 24.3 Å². The summed E-state index contributed by atoms with van der Waals surface area (Å²) in [5.74, 6) is 1.24. The second kappa shape index (κ2) is 8.68. The fourth-order valence-corrected chi connectivity index (χ4v) is 3.81. The highest BCUT2D eigenvalue weighted by molar-refractivity contribution is 6.20. The van der Waals surface area contributed by atoms with Crippen molar-refractivity contribution in [1.29, 1.82) is 0 Å². The molecule has 0 fully saturated rings. The molecule has 0 radical (unpaired) electrons. The first kappa shape index (κ1) is 20.9. The van der Waals surface area contributed by atoms with Crippen LogP contribution in [0.15, 0.2) is 47.6 Å². The third-order valence-electron chi connectivity index (χ3n) is 5.12. The van der Waals surface area contributed by atoms with E-state index in [4.69, 9.17) is 0 Å². The van der Waals surface area contributed by atoms with Gasteiger partial charge < -0.3 is 15.4 Å². The maximum atomic E-state index is 10.3. The van der Waals surface area contributed by atoms with Crippen LogP contribution in [0.5, 0.6) is 5.88 Å². The lowest BCUT2D eigenvalue weighted by Crippen LogP contribution is -2.17. The van der Waals surface area contributed by atoms with E-state index in [0.717, 1.165) is 30.4 Å². The van der Waals surface area contributed by atoms with Crippen molar-refractivity contribution in [2.24, 2.45) is 4.99 Å².